The van der Waals surface area contributed by atoms with Crippen molar-refractivity contribution in [2.75, 3.05) is 6.54 Å². The molecule has 0 aliphatic heterocycles. The van der Waals surface area contributed by atoms with Crippen LogP contribution in [0.3, 0.4) is 0 Å². The lowest BCUT2D eigenvalue weighted by Crippen LogP contribution is -1.92. The Morgan fingerprint density at radius 2 is 1.85 bits per heavy atom. The summed E-state index contributed by atoms with van der Waals surface area (Å²) in [5.74, 6) is 5.89. The van der Waals surface area contributed by atoms with Crippen molar-refractivity contribution in [3.63, 3.8) is 0 Å². The van der Waals surface area contributed by atoms with Crippen LogP contribution in [0.2, 0.25) is 0 Å². The van der Waals surface area contributed by atoms with Gasteiger partial charge in [0.25, 0.3) is 0 Å². The van der Waals surface area contributed by atoms with Gasteiger partial charge in [-0.2, -0.15) is 0 Å². The second-order valence-corrected chi connectivity index (χ2v) is 2.90. The maximum absolute atomic E-state index is 5.25. The van der Waals surface area contributed by atoms with Crippen LogP contribution < -0.4 is 5.73 Å². The molecule has 0 fully saturated rings. The van der Waals surface area contributed by atoms with Gasteiger partial charge in [-0.15, -0.1) is 5.92 Å². The summed E-state index contributed by atoms with van der Waals surface area (Å²) in [6.07, 6.45) is 3.18. The number of nitrogens with two attached hydrogens (primary N) is 1. The van der Waals surface area contributed by atoms with E-state index >= 15 is 0 Å². The average molecular weight is 173 g/mol. The van der Waals surface area contributed by atoms with E-state index in [1.807, 2.05) is 6.07 Å². The van der Waals surface area contributed by atoms with Crippen LogP contribution in [-0.2, 0) is 6.42 Å². The summed E-state index contributed by atoms with van der Waals surface area (Å²) >= 11 is 0. The van der Waals surface area contributed by atoms with E-state index in [0.717, 1.165) is 19.3 Å². The highest BCUT2D eigenvalue weighted by Gasteiger charge is 1.88. The van der Waals surface area contributed by atoms with Gasteiger partial charge in [-0.1, -0.05) is 36.3 Å². The van der Waals surface area contributed by atoms with Crippen LogP contribution in [-0.4, -0.2) is 6.54 Å². The largest absolute Gasteiger partial charge is 0.320 e. The third-order valence-corrected chi connectivity index (χ3v) is 1.84. The highest BCUT2D eigenvalue weighted by Crippen LogP contribution is 2.03. The summed E-state index contributed by atoms with van der Waals surface area (Å²) in [7, 11) is 0. The van der Waals surface area contributed by atoms with Crippen molar-refractivity contribution in [1.82, 2.24) is 0 Å². The Bertz CT molecular complexity index is 279. The van der Waals surface area contributed by atoms with Gasteiger partial charge in [0.1, 0.15) is 0 Å². The molecular weight excluding hydrogens is 158 g/mol. The molecular formula is C12H15N. The zero-order valence-electron chi connectivity index (χ0n) is 7.79. The number of unbranched alkanes of at least 4 members (excludes halogenated alkanes) is 1. The lowest BCUT2D eigenvalue weighted by Gasteiger charge is -1.96. The summed E-state index contributed by atoms with van der Waals surface area (Å²) in [5, 5.41) is 0. The van der Waals surface area contributed by atoms with Crippen molar-refractivity contribution in [3.05, 3.63) is 35.9 Å². The average Bonchev–Trinajstić information content (AvgIpc) is 2.19. The summed E-state index contributed by atoms with van der Waals surface area (Å²) in [5.41, 5.74) is 6.63. The Morgan fingerprint density at radius 1 is 1.08 bits per heavy atom. The van der Waals surface area contributed by atoms with E-state index in [-0.39, 0.29) is 0 Å². The minimum Gasteiger partial charge on any atom is -0.320 e. The van der Waals surface area contributed by atoms with Gasteiger partial charge >= 0.3 is 0 Å². The maximum atomic E-state index is 5.25. The summed E-state index contributed by atoms with van der Waals surface area (Å²) < 4.78 is 0. The normalized spacial score (nSPS) is 9.00. The highest BCUT2D eigenvalue weighted by atomic mass is 14.5. The quantitative estimate of drug-likeness (QED) is 0.549. The minimum atomic E-state index is 0.478. The first-order valence-corrected chi connectivity index (χ1v) is 4.63. The topological polar surface area (TPSA) is 26.0 Å². The molecule has 1 heteroatoms. The van der Waals surface area contributed by atoms with E-state index in [1.165, 1.54) is 5.56 Å². The molecule has 0 atom stereocenters. The monoisotopic (exact) mass is 173 g/mol. The zero-order valence-corrected chi connectivity index (χ0v) is 7.79. The van der Waals surface area contributed by atoms with Crippen LogP contribution in [0, 0.1) is 11.8 Å². The molecule has 0 spiro atoms. The molecule has 0 unspecified atom stereocenters. The van der Waals surface area contributed by atoms with E-state index in [0.29, 0.717) is 6.54 Å². The summed E-state index contributed by atoms with van der Waals surface area (Å²) in [4.78, 5) is 0. The molecule has 1 aromatic carbocycles. The molecule has 0 heterocycles. The van der Waals surface area contributed by atoms with E-state index < -0.39 is 0 Å². The van der Waals surface area contributed by atoms with Crippen molar-refractivity contribution in [2.45, 2.75) is 19.3 Å². The standard InChI is InChI=1S/C12H15N/c13-11-7-2-1-4-8-12-9-5-3-6-10-12/h3,5-6,9-10H,1,4,8,11,13H2. The highest BCUT2D eigenvalue weighted by molar-refractivity contribution is 5.14. The Morgan fingerprint density at radius 3 is 2.54 bits per heavy atom. The number of hydrogen-bond acceptors (Lipinski definition) is 1. The van der Waals surface area contributed by atoms with Crippen molar-refractivity contribution in [3.8, 4) is 11.8 Å². The molecule has 1 nitrogen and oxygen atoms in total. The minimum absolute atomic E-state index is 0.478. The molecule has 1 aromatic rings. The third-order valence-electron chi connectivity index (χ3n) is 1.84. The Balaban J connectivity index is 2.20. The fourth-order valence-electron chi connectivity index (χ4n) is 1.19. The van der Waals surface area contributed by atoms with Gasteiger partial charge in [0.05, 0.1) is 6.54 Å². The van der Waals surface area contributed by atoms with Crippen LogP contribution in [0.15, 0.2) is 30.3 Å². The van der Waals surface area contributed by atoms with Gasteiger partial charge in [0, 0.05) is 6.42 Å². The smallest absolute Gasteiger partial charge is 0.0551 e. The molecule has 68 valence electrons. The van der Waals surface area contributed by atoms with E-state index in [2.05, 4.69) is 36.1 Å². The predicted molar refractivity (Wildman–Crippen MR) is 56.2 cm³/mol. The Kier molecular flexibility index (Phi) is 4.74. The van der Waals surface area contributed by atoms with Gasteiger partial charge in [0.2, 0.25) is 0 Å². The SMILES string of the molecule is NCC#CCCCc1ccccc1. The molecule has 13 heavy (non-hydrogen) atoms. The first-order chi connectivity index (χ1) is 6.43. The van der Waals surface area contributed by atoms with Crippen LogP contribution in [0.5, 0.6) is 0 Å². The van der Waals surface area contributed by atoms with Crippen LogP contribution in [0.1, 0.15) is 18.4 Å². The molecule has 0 amide bonds. The summed E-state index contributed by atoms with van der Waals surface area (Å²) in [6, 6.07) is 10.5. The lowest BCUT2D eigenvalue weighted by molar-refractivity contribution is 0.857. The second kappa shape index (κ2) is 6.28. The van der Waals surface area contributed by atoms with Crippen LogP contribution in [0.4, 0.5) is 0 Å². The van der Waals surface area contributed by atoms with E-state index in [1.54, 1.807) is 0 Å². The van der Waals surface area contributed by atoms with E-state index in [9.17, 15) is 0 Å². The molecule has 0 aromatic heterocycles. The molecule has 0 aliphatic rings. The number of rotatable bonds is 3. The van der Waals surface area contributed by atoms with Gasteiger partial charge < -0.3 is 5.73 Å². The first kappa shape index (κ1) is 9.83. The fourth-order valence-corrected chi connectivity index (χ4v) is 1.19. The molecule has 0 radical (unpaired) electrons. The van der Waals surface area contributed by atoms with Gasteiger partial charge in [-0.25, -0.2) is 0 Å². The Labute approximate surface area is 80.0 Å². The molecule has 0 aliphatic carbocycles. The van der Waals surface area contributed by atoms with Crippen LogP contribution >= 0.6 is 0 Å². The number of hydrogen-bond donors (Lipinski definition) is 1. The summed E-state index contributed by atoms with van der Waals surface area (Å²) in [6.45, 7) is 0.478. The predicted octanol–water partition coefficient (Wildman–Crippen LogP) is 1.97. The van der Waals surface area contributed by atoms with E-state index in [4.69, 9.17) is 5.73 Å². The van der Waals surface area contributed by atoms with Crippen molar-refractivity contribution in [2.24, 2.45) is 5.73 Å². The molecule has 1 rings (SSSR count). The van der Waals surface area contributed by atoms with Gasteiger partial charge in [-0.3, -0.25) is 0 Å². The van der Waals surface area contributed by atoms with Crippen molar-refractivity contribution < 1.29 is 0 Å². The molecule has 0 saturated heterocycles. The van der Waals surface area contributed by atoms with Crippen molar-refractivity contribution in [1.29, 1.82) is 0 Å². The maximum Gasteiger partial charge on any atom is 0.0551 e. The number of aryl methyl sites for hydroxylation is 1. The van der Waals surface area contributed by atoms with Gasteiger partial charge in [-0.05, 0) is 18.4 Å². The lowest BCUT2D eigenvalue weighted by atomic mass is 10.1. The molecule has 2 N–H and O–H groups in total. The number of benzene rings is 1. The fraction of sp³-hybridized carbons (Fsp3) is 0.333. The Hall–Kier alpha value is -1.26. The molecule has 0 bridgehead atoms. The van der Waals surface area contributed by atoms with Crippen molar-refractivity contribution >= 4 is 0 Å². The second-order valence-electron chi connectivity index (χ2n) is 2.90. The van der Waals surface area contributed by atoms with Crippen LogP contribution in [0.25, 0.3) is 0 Å². The van der Waals surface area contributed by atoms with Gasteiger partial charge in [0.15, 0.2) is 0 Å². The molecule has 0 saturated carbocycles. The first-order valence-electron chi connectivity index (χ1n) is 4.63. The zero-order chi connectivity index (χ0) is 9.36. The third kappa shape index (κ3) is 4.35.